The van der Waals surface area contributed by atoms with E-state index >= 15 is 0 Å². The molecule has 4 aromatic carbocycles. The summed E-state index contributed by atoms with van der Waals surface area (Å²) in [4.78, 5) is 51.1. The van der Waals surface area contributed by atoms with E-state index in [9.17, 15) is 24.3 Å². The van der Waals surface area contributed by atoms with Crippen LogP contribution in [0, 0.1) is 37.5 Å². The van der Waals surface area contributed by atoms with Crippen molar-refractivity contribution in [2.24, 2.45) is 0 Å². The third kappa shape index (κ3) is 9.05. The van der Waals surface area contributed by atoms with Crippen LogP contribution in [0.25, 0.3) is 0 Å². The number of amides is 2. The first-order chi connectivity index (χ1) is 27.0. The van der Waals surface area contributed by atoms with Crippen molar-refractivity contribution in [2.75, 3.05) is 19.8 Å². The standard InChI is InChI=1S/C24H25NO4.C22H21NO4/c1-4-6-14-29-21-17(3)10-9-13-20(21)22(26)25-24(23(27)28-5-2)15-18-11-7-8-12-19(18)16-24;1-3-4-12-27-19-15(2)8-7-11-18(19)20(24)23-22(21(25)26)13-16-9-5-6-10-17(16)14-22/h7-13H,5,14-16H2,1-3H3,(H,25,26);5-11H,12-14H2,1-2H3,(H,23,24)(H,25,26). The number of carboxylic acids is 1. The van der Waals surface area contributed by atoms with Crippen molar-refractivity contribution >= 4 is 23.8 Å². The lowest BCUT2D eigenvalue weighted by atomic mass is 9.94. The number of benzene rings is 4. The zero-order chi connectivity index (χ0) is 40.3. The molecule has 0 heterocycles. The summed E-state index contributed by atoms with van der Waals surface area (Å²) < 4.78 is 16.7. The van der Waals surface area contributed by atoms with Crippen LogP contribution in [0.5, 0.6) is 11.5 Å². The van der Waals surface area contributed by atoms with Gasteiger partial charge >= 0.3 is 11.9 Å². The van der Waals surface area contributed by atoms with Gasteiger partial charge in [-0.05, 0) is 80.1 Å². The van der Waals surface area contributed by atoms with E-state index in [2.05, 4.69) is 34.3 Å². The molecule has 0 fully saturated rings. The fourth-order valence-corrected chi connectivity index (χ4v) is 7.05. The fraction of sp³-hybridized carbons (Fsp3) is 0.304. The van der Waals surface area contributed by atoms with Crippen LogP contribution in [0.1, 0.15) is 74.9 Å². The van der Waals surface area contributed by atoms with Crippen LogP contribution in [0.2, 0.25) is 0 Å². The van der Waals surface area contributed by atoms with Crippen molar-refractivity contribution in [1.82, 2.24) is 10.6 Å². The van der Waals surface area contributed by atoms with Crippen LogP contribution in [-0.4, -0.2) is 59.8 Å². The molecule has 0 saturated heterocycles. The number of carbonyl (C=O) groups is 4. The molecule has 3 N–H and O–H groups in total. The molecule has 56 heavy (non-hydrogen) atoms. The third-order valence-electron chi connectivity index (χ3n) is 9.83. The molecule has 0 aromatic heterocycles. The summed E-state index contributed by atoms with van der Waals surface area (Å²) in [5.74, 6) is 9.76. The van der Waals surface area contributed by atoms with Crippen LogP contribution in [0.3, 0.4) is 0 Å². The van der Waals surface area contributed by atoms with Gasteiger partial charge in [0.25, 0.3) is 11.8 Å². The number of ether oxygens (including phenoxy) is 3. The maximum atomic E-state index is 13.2. The molecular weight excluding hydrogens is 709 g/mol. The molecule has 2 aliphatic carbocycles. The van der Waals surface area contributed by atoms with Gasteiger partial charge in [-0.1, -0.05) is 84.6 Å². The SMILES string of the molecule is CC#CCOc1c(C)cccc1C(=O)NC1(C(=O)O)Cc2ccccc2C1.CC#CCOc1c(C)cccc1C(=O)NC1(C(=O)OCC)Cc2ccccc2C1. The normalized spacial score (nSPS) is 13.7. The Morgan fingerprint density at radius 2 is 1.02 bits per heavy atom. The van der Waals surface area contributed by atoms with E-state index in [1.165, 1.54) is 0 Å². The average Bonchev–Trinajstić information content (AvgIpc) is 3.76. The Hall–Kier alpha value is -6.52. The Balaban J connectivity index is 0.000000215. The minimum absolute atomic E-state index is 0.164. The van der Waals surface area contributed by atoms with Crippen LogP contribution in [0.15, 0.2) is 84.9 Å². The smallest absolute Gasteiger partial charge is 0.332 e. The minimum Gasteiger partial charge on any atom is -0.480 e. The molecular formula is C46H46N2O8. The second-order valence-corrected chi connectivity index (χ2v) is 13.7. The zero-order valence-corrected chi connectivity index (χ0v) is 32.3. The number of hydrogen-bond acceptors (Lipinski definition) is 7. The number of aryl methyl sites for hydroxylation is 2. The van der Waals surface area contributed by atoms with Crippen molar-refractivity contribution in [3.8, 4) is 35.2 Å². The first-order valence-electron chi connectivity index (χ1n) is 18.4. The Morgan fingerprint density at radius 1 is 0.625 bits per heavy atom. The lowest BCUT2D eigenvalue weighted by Crippen LogP contribution is -2.56. The van der Waals surface area contributed by atoms with Crippen molar-refractivity contribution in [2.45, 2.75) is 71.4 Å². The number of para-hydroxylation sites is 2. The van der Waals surface area contributed by atoms with Gasteiger partial charge in [0.2, 0.25) is 0 Å². The van der Waals surface area contributed by atoms with E-state index in [-0.39, 0.29) is 38.6 Å². The highest BCUT2D eigenvalue weighted by atomic mass is 16.5. The summed E-state index contributed by atoms with van der Waals surface area (Å²) in [5.41, 5.74) is 3.80. The Kier molecular flexibility index (Phi) is 13.2. The minimum atomic E-state index is -1.36. The third-order valence-corrected chi connectivity index (χ3v) is 9.83. The monoisotopic (exact) mass is 754 g/mol. The topological polar surface area (TPSA) is 140 Å². The molecule has 0 unspecified atom stereocenters. The molecule has 2 aliphatic rings. The van der Waals surface area contributed by atoms with Gasteiger partial charge < -0.3 is 30.0 Å². The van der Waals surface area contributed by atoms with Crippen molar-refractivity contribution in [1.29, 1.82) is 0 Å². The van der Waals surface area contributed by atoms with E-state index in [0.29, 0.717) is 35.5 Å². The van der Waals surface area contributed by atoms with Gasteiger partial charge in [0.15, 0.2) is 0 Å². The van der Waals surface area contributed by atoms with Gasteiger partial charge in [-0.15, -0.1) is 11.8 Å². The molecule has 0 spiro atoms. The van der Waals surface area contributed by atoms with E-state index in [4.69, 9.17) is 14.2 Å². The maximum absolute atomic E-state index is 13.2. The highest BCUT2D eigenvalue weighted by Gasteiger charge is 2.47. The first kappa shape index (κ1) is 40.7. The predicted octanol–water partition coefficient (Wildman–Crippen LogP) is 5.98. The Labute approximate surface area is 328 Å². The van der Waals surface area contributed by atoms with Gasteiger partial charge in [-0.2, -0.15) is 0 Å². The van der Waals surface area contributed by atoms with Crippen molar-refractivity contribution in [3.05, 3.63) is 129 Å². The van der Waals surface area contributed by atoms with Gasteiger partial charge in [-0.3, -0.25) is 9.59 Å². The molecule has 2 amide bonds. The summed E-state index contributed by atoms with van der Waals surface area (Å²) >= 11 is 0. The number of aliphatic carboxylic acids is 1. The highest BCUT2D eigenvalue weighted by Crippen LogP contribution is 2.34. The quantitative estimate of drug-likeness (QED) is 0.126. The lowest BCUT2D eigenvalue weighted by Gasteiger charge is -2.28. The predicted molar refractivity (Wildman–Crippen MR) is 213 cm³/mol. The summed E-state index contributed by atoms with van der Waals surface area (Å²) in [6, 6.07) is 26.0. The zero-order valence-electron chi connectivity index (χ0n) is 32.3. The highest BCUT2D eigenvalue weighted by molar-refractivity contribution is 6.02. The second kappa shape index (κ2) is 18.2. The molecule has 0 saturated carbocycles. The number of carbonyl (C=O) groups excluding carboxylic acids is 3. The van der Waals surface area contributed by atoms with Crippen LogP contribution in [0.4, 0.5) is 0 Å². The van der Waals surface area contributed by atoms with E-state index in [1.54, 1.807) is 45.0 Å². The summed E-state index contributed by atoms with van der Waals surface area (Å²) in [6.45, 7) is 9.52. The number of nitrogens with one attached hydrogen (secondary N) is 2. The number of carboxylic acid groups (broad SMARTS) is 1. The van der Waals surface area contributed by atoms with Crippen LogP contribution < -0.4 is 20.1 Å². The summed E-state index contributed by atoms with van der Waals surface area (Å²) in [6.07, 6.45) is 1.31. The fourth-order valence-electron chi connectivity index (χ4n) is 7.05. The summed E-state index contributed by atoms with van der Waals surface area (Å²) in [5, 5.41) is 15.6. The molecule has 10 heteroatoms. The second-order valence-electron chi connectivity index (χ2n) is 13.7. The first-order valence-corrected chi connectivity index (χ1v) is 18.4. The van der Waals surface area contributed by atoms with E-state index in [1.807, 2.05) is 74.5 Å². The number of esters is 1. The number of rotatable bonds is 11. The number of fused-ring (bicyclic) bond motifs is 2. The van der Waals surface area contributed by atoms with Gasteiger partial charge in [-0.25, -0.2) is 9.59 Å². The molecule has 0 bridgehead atoms. The molecule has 0 radical (unpaired) electrons. The van der Waals surface area contributed by atoms with Crippen LogP contribution >= 0.6 is 0 Å². The van der Waals surface area contributed by atoms with Crippen LogP contribution in [-0.2, 0) is 40.0 Å². The molecule has 4 aromatic rings. The molecule has 288 valence electrons. The van der Waals surface area contributed by atoms with Gasteiger partial charge in [0.1, 0.15) is 35.8 Å². The van der Waals surface area contributed by atoms with Crippen molar-refractivity contribution < 1.29 is 38.5 Å². The number of hydrogen-bond donors (Lipinski definition) is 3. The lowest BCUT2D eigenvalue weighted by molar-refractivity contribution is -0.150. The average molecular weight is 755 g/mol. The van der Waals surface area contributed by atoms with Crippen molar-refractivity contribution in [3.63, 3.8) is 0 Å². The molecule has 0 atom stereocenters. The van der Waals surface area contributed by atoms with Gasteiger partial charge in [0.05, 0.1) is 17.7 Å². The Bertz CT molecular complexity index is 2200. The largest absolute Gasteiger partial charge is 0.480 e. The summed E-state index contributed by atoms with van der Waals surface area (Å²) in [7, 11) is 0. The maximum Gasteiger partial charge on any atom is 0.332 e. The molecule has 6 rings (SSSR count). The van der Waals surface area contributed by atoms with Gasteiger partial charge in [0, 0.05) is 25.7 Å². The van der Waals surface area contributed by atoms with E-state index in [0.717, 1.165) is 33.4 Å². The molecule has 10 nitrogen and oxygen atoms in total. The van der Waals surface area contributed by atoms with E-state index < -0.39 is 28.9 Å². The Morgan fingerprint density at radius 3 is 1.39 bits per heavy atom. The molecule has 0 aliphatic heterocycles.